The molecule has 1 fully saturated rings. The summed E-state index contributed by atoms with van der Waals surface area (Å²) in [5.74, 6) is 0.773. The third-order valence-corrected chi connectivity index (χ3v) is 5.90. The van der Waals surface area contributed by atoms with E-state index in [9.17, 15) is 4.79 Å². The quantitative estimate of drug-likeness (QED) is 0.645. The first-order valence-corrected chi connectivity index (χ1v) is 10.5. The normalized spacial score (nSPS) is 16.9. The summed E-state index contributed by atoms with van der Waals surface area (Å²) in [6, 6.07) is 5.73. The molecule has 27 heavy (non-hydrogen) atoms. The number of carbonyl (C=O) groups excluding carboxylic acids is 1. The minimum Gasteiger partial charge on any atom is -0.331 e. The Hall–Kier alpha value is -2.58. The predicted molar refractivity (Wildman–Crippen MR) is 109 cm³/mol. The molecule has 1 amide bonds. The third kappa shape index (κ3) is 4.23. The summed E-state index contributed by atoms with van der Waals surface area (Å²) in [6.07, 6.45) is 7.07. The highest BCUT2D eigenvalue weighted by molar-refractivity contribution is 7.13. The summed E-state index contributed by atoms with van der Waals surface area (Å²) >= 11 is 3.11. The summed E-state index contributed by atoms with van der Waals surface area (Å²) in [5, 5.41) is 8.98. The van der Waals surface area contributed by atoms with E-state index in [4.69, 9.17) is 0 Å². The fourth-order valence-electron chi connectivity index (χ4n) is 3.09. The molecule has 4 rings (SSSR count). The molecule has 4 heterocycles. The zero-order valence-corrected chi connectivity index (χ0v) is 16.5. The lowest BCUT2D eigenvalue weighted by molar-refractivity contribution is -0.126. The molecule has 1 N–H and O–H groups in total. The molecule has 0 aromatic carbocycles. The van der Waals surface area contributed by atoms with E-state index in [1.165, 1.54) is 11.3 Å². The number of anilines is 2. The SMILES string of the molecule is Cc1nc(C=CC(=O)N2CCCC2c2csc(Nc3ccccn3)n2)cs1. The number of thiazole rings is 2. The van der Waals surface area contributed by atoms with Crippen LogP contribution in [-0.4, -0.2) is 32.3 Å². The van der Waals surface area contributed by atoms with Crippen molar-refractivity contribution in [1.82, 2.24) is 19.9 Å². The van der Waals surface area contributed by atoms with Gasteiger partial charge in [0.2, 0.25) is 5.91 Å². The summed E-state index contributed by atoms with van der Waals surface area (Å²) in [4.78, 5) is 27.9. The number of pyridine rings is 1. The summed E-state index contributed by atoms with van der Waals surface area (Å²) in [6.45, 7) is 2.71. The second-order valence-corrected chi connectivity index (χ2v) is 8.15. The number of likely N-dealkylation sites (tertiary alicyclic amines) is 1. The van der Waals surface area contributed by atoms with Gasteiger partial charge >= 0.3 is 0 Å². The molecule has 1 atom stereocenters. The largest absolute Gasteiger partial charge is 0.331 e. The smallest absolute Gasteiger partial charge is 0.247 e. The summed E-state index contributed by atoms with van der Waals surface area (Å²) in [5.41, 5.74) is 1.76. The van der Waals surface area contributed by atoms with E-state index >= 15 is 0 Å². The number of hydrogen-bond donors (Lipinski definition) is 1. The standard InChI is InChI=1S/C19H19N5OS2/c1-13-21-14(11-26-13)7-8-18(25)24-10-4-5-16(24)15-12-27-19(22-15)23-17-6-2-3-9-20-17/h2-3,6-9,11-12,16H,4-5,10H2,1H3,(H,20,22,23). The van der Waals surface area contributed by atoms with E-state index in [1.54, 1.807) is 29.7 Å². The van der Waals surface area contributed by atoms with Gasteiger partial charge in [-0.2, -0.15) is 0 Å². The van der Waals surface area contributed by atoms with Crippen molar-refractivity contribution in [2.24, 2.45) is 0 Å². The van der Waals surface area contributed by atoms with E-state index in [0.29, 0.717) is 0 Å². The lowest BCUT2D eigenvalue weighted by Crippen LogP contribution is -2.29. The number of rotatable bonds is 5. The van der Waals surface area contributed by atoms with E-state index in [1.807, 2.05) is 40.8 Å². The van der Waals surface area contributed by atoms with Gasteiger partial charge in [-0.1, -0.05) is 6.07 Å². The van der Waals surface area contributed by atoms with Crippen molar-refractivity contribution in [1.29, 1.82) is 0 Å². The molecule has 6 nitrogen and oxygen atoms in total. The van der Waals surface area contributed by atoms with Crippen molar-refractivity contribution < 1.29 is 4.79 Å². The van der Waals surface area contributed by atoms with Gasteiger partial charge in [0.05, 0.1) is 22.4 Å². The highest BCUT2D eigenvalue weighted by atomic mass is 32.1. The van der Waals surface area contributed by atoms with Crippen LogP contribution in [0, 0.1) is 6.92 Å². The zero-order valence-electron chi connectivity index (χ0n) is 14.8. The molecule has 8 heteroatoms. The monoisotopic (exact) mass is 397 g/mol. The van der Waals surface area contributed by atoms with Crippen molar-refractivity contribution in [3.8, 4) is 0 Å². The van der Waals surface area contributed by atoms with Crippen LogP contribution in [0.2, 0.25) is 0 Å². The molecule has 0 aliphatic carbocycles. The van der Waals surface area contributed by atoms with Gasteiger partial charge in [-0.25, -0.2) is 15.0 Å². The average Bonchev–Trinajstić information content (AvgIpc) is 3.41. The van der Waals surface area contributed by atoms with Crippen molar-refractivity contribution in [3.05, 3.63) is 57.6 Å². The Morgan fingerprint density at radius 1 is 1.30 bits per heavy atom. The van der Waals surface area contributed by atoms with Crippen LogP contribution in [-0.2, 0) is 4.79 Å². The molecule has 0 spiro atoms. The Morgan fingerprint density at radius 3 is 3.00 bits per heavy atom. The molecule has 0 saturated carbocycles. The molecule has 1 aliphatic rings. The molecule has 3 aromatic rings. The number of aryl methyl sites for hydroxylation is 1. The van der Waals surface area contributed by atoms with E-state index in [2.05, 4.69) is 20.3 Å². The Labute approximate surface area is 165 Å². The van der Waals surface area contributed by atoms with Gasteiger partial charge in [0.1, 0.15) is 5.82 Å². The maximum absolute atomic E-state index is 12.7. The van der Waals surface area contributed by atoms with Crippen LogP contribution in [0.15, 0.2) is 41.2 Å². The highest BCUT2D eigenvalue weighted by Gasteiger charge is 2.30. The fourth-order valence-corrected chi connectivity index (χ4v) is 4.43. The Bertz CT molecular complexity index is 950. The second kappa shape index (κ2) is 7.98. The number of carbonyl (C=O) groups is 1. The Kier molecular flexibility index (Phi) is 5.26. The van der Waals surface area contributed by atoms with E-state index in [-0.39, 0.29) is 11.9 Å². The van der Waals surface area contributed by atoms with Crippen molar-refractivity contribution in [2.75, 3.05) is 11.9 Å². The van der Waals surface area contributed by atoms with Crippen LogP contribution < -0.4 is 5.32 Å². The molecular formula is C19H19N5OS2. The van der Waals surface area contributed by atoms with Gasteiger partial charge in [-0.15, -0.1) is 22.7 Å². The number of hydrogen-bond acceptors (Lipinski definition) is 7. The number of amides is 1. The van der Waals surface area contributed by atoms with Crippen molar-refractivity contribution in [2.45, 2.75) is 25.8 Å². The molecule has 1 unspecified atom stereocenters. The predicted octanol–water partition coefficient (Wildman–Crippen LogP) is 4.42. The molecular weight excluding hydrogens is 378 g/mol. The minimum absolute atomic E-state index is 0.00962. The van der Waals surface area contributed by atoms with Gasteiger partial charge in [-0.05, 0) is 38.0 Å². The molecule has 0 radical (unpaired) electrons. The molecule has 1 aliphatic heterocycles. The lowest BCUT2D eigenvalue weighted by atomic mass is 10.1. The van der Waals surface area contributed by atoms with Gasteiger partial charge < -0.3 is 10.2 Å². The highest BCUT2D eigenvalue weighted by Crippen LogP contribution is 2.34. The van der Waals surface area contributed by atoms with Gasteiger partial charge in [0.25, 0.3) is 0 Å². The van der Waals surface area contributed by atoms with Gasteiger partial charge in [0.15, 0.2) is 5.13 Å². The van der Waals surface area contributed by atoms with Crippen LogP contribution in [0.3, 0.4) is 0 Å². The van der Waals surface area contributed by atoms with Crippen molar-refractivity contribution >= 4 is 45.6 Å². The minimum atomic E-state index is 0.00962. The number of aromatic nitrogens is 3. The van der Waals surface area contributed by atoms with Crippen molar-refractivity contribution in [3.63, 3.8) is 0 Å². The van der Waals surface area contributed by atoms with Crippen LogP contribution in [0.5, 0.6) is 0 Å². The first kappa shape index (κ1) is 17.8. The summed E-state index contributed by atoms with van der Waals surface area (Å²) < 4.78 is 0. The fraction of sp³-hybridized carbons (Fsp3) is 0.263. The molecule has 1 saturated heterocycles. The topological polar surface area (TPSA) is 71.0 Å². The van der Waals surface area contributed by atoms with Gasteiger partial charge in [0, 0.05) is 29.6 Å². The Morgan fingerprint density at radius 2 is 2.22 bits per heavy atom. The van der Waals surface area contributed by atoms with Crippen LogP contribution in [0.1, 0.15) is 35.3 Å². The van der Waals surface area contributed by atoms with Gasteiger partial charge in [-0.3, -0.25) is 4.79 Å². The van der Waals surface area contributed by atoms with E-state index in [0.717, 1.165) is 46.7 Å². The Balaban J connectivity index is 1.45. The number of nitrogens with one attached hydrogen (secondary N) is 1. The molecule has 3 aromatic heterocycles. The first-order valence-electron chi connectivity index (χ1n) is 8.73. The maximum Gasteiger partial charge on any atom is 0.247 e. The summed E-state index contributed by atoms with van der Waals surface area (Å²) in [7, 11) is 0. The zero-order chi connectivity index (χ0) is 18.6. The first-order chi connectivity index (χ1) is 13.2. The molecule has 138 valence electrons. The van der Waals surface area contributed by atoms with E-state index < -0.39 is 0 Å². The average molecular weight is 398 g/mol. The maximum atomic E-state index is 12.7. The third-order valence-electron chi connectivity index (χ3n) is 4.33. The lowest BCUT2D eigenvalue weighted by Gasteiger charge is -2.21. The second-order valence-electron chi connectivity index (χ2n) is 6.23. The number of nitrogens with zero attached hydrogens (tertiary/aromatic N) is 4. The van der Waals surface area contributed by atoms with Crippen LogP contribution >= 0.6 is 22.7 Å². The van der Waals surface area contributed by atoms with Crippen LogP contribution in [0.4, 0.5) is 10.9 Å². The van der Waals surface area contributed by atoms with Crippen LogP contribution in [0.25, 0.3) is 6.08 Å². The molecule has 0 bridgehead atoms.